The molecule has 6 nitrogen and oxygen atoms in total. The van der Waals surface area contributed by atoms with E-state index in [2.05, 4.69) is 9.97 Å². The van der Waals surface area contributed by atoms with Gasteiger partial charge in [-0.3, -0.25) is 0 Å². The van der Waals surface area contributed by atoms with Gasteiger partial charge in [0, 0.05) is 24.1 Å². The van der Waals surface area contributed by atoms with E-state index < -0.39 is 5.97 Å². The molecule has 6 heteroatoms. The van der Waals surface area contributed by atoms with Crippen LogP contribution in [0.2, 0.25) is 0 Å². The predicted molar refractivity (Wildman–Crippen MR) is 68.6 cm³/mol. The Balaban J connectivity index is 2.06. The molecule has 0 atom stereocenters. The molecule has 0 saturated heterocycles. The number of hydrogen-bond donors (Lipinski definition) is 1. The van der Waals surface area contributed by atoms with Crippen molar-refractivity contribution in [2.75, 3.05) is 12.8 Å². The van der Waals surface area contributed by atoms with E-state index in [4.69, 9.17) is 15.2 Å². The normalized spacial score (nSPS) is 9.95. The van der Waals surface area contributed by atoms with Crippen molar-refractivity contribution >= 4 is 11.7 Å². The van der Waals surface area contributed by atoms with Gasteiger partial charge in [0.1, 0.15) is 5.75 Å². The number of aromatic nitrogens is 2. The van der Waals surface area contributed by atoms with Crippen LogP contribution in [0.3, 0.4) is 0 Å². The summed E-state index contributed by atoms with van der Waals surface area (Å²) in [4.78, 5) is 19.8. The highest BCUT2D eigenvalue weighted by Gasteiger charge is 2.10. The van der Waals surface area contributed by atoms with Gasteiger partial charge in [-0.05, 0) is 18.2 Å². The largest absolute Gasteiger partial charge is 0.497 e. The molecule has 19 heavy (non-hydrogen) atoms. The van der Waals surface area contributed by atoms with Gasteiger partial charge in [-0.15, -0.1) is 0 Å². The molecule has 0 bridgehead atoms. The summed E-state index contributed by atoms with van der Waals surface area (Å²) in [5, 5.41) is 0. The fourth-order valence-electron chi connectivity index (χ4n) is 1.48. The zero-order valence-electron chi connectivity index (χ0n) is 10.4. The van der Waals surface area contributed by atoms with E-state index in [-0.39, 0.29) is 6.61 Å². The average Bonchev–Trinajstić information content (AvgIpc) is 2.45. The Hall–Kier alpha value is -2.63. The molecular weight excluding hydrogens is 246 g/mol. The molecular formula is C13H13N3O3. The molecule has 0 unspecified atom stereocenters. The van der Waals surface area contributed by atoms with Crippen LogP contribution in [0.4, 0.5) is 5.69 Å². The molecule has 2 rings (SSSR count). The number of methoxy groups -OCH3 is 1. The summed E-state index contributed by atoms with van der Waals surface area (Å²) in [5.41, 5.74) is 6.43. The van der Waals surface area contributed by atoms with Crippen LogP contribution in [-0.4, -0.2) is 23.0 Å². The first kappa shape index (κ1) is 12.8. The van der Waals surface area contributed by atoms with Gasteiger partial charge in [-0.2, -0.15) is 0 Å². The minimum absolute atomic E-state index is 0.0107. The highest BCUT2D eigenvalue weighted by molar-refractivity contribution is 5.91. The molecule has 98 valence electrons. The molecule has 1 aromatic carbocycles. The lowest BCUT2D eigenvalue weighted by atomic mass is 10.2. The Morgan fingerprint density at radius 1 is 1.26 bits per heavy atom. The zero-order valence-corrected chi connectivity index (χ0v) is 10.4. The topological polar surface area (TPSA) is 87.3 Å². The number of anilines is 1. The SMILES string of the molecule is COc1cc(N)cc(C(=O)OCc2ncccn2)c1. The minimum atomic E-state index is -0.502. The van der Waals surface area contributed by atoms with Crippen LogP contribution in [0.15, 0.2) is 36.7 Å². The number of nitrogen functional groups attached to an aromatic ring is 1. The maximum atomic E-state index is 11.8. The van der Waals surface area contributed by atoms with Gasteiger partial charge in [0.15, 0.2) is 12.4 Å². The van der Waals surface area contributed by atoms with E-state index in [1.807, 2.05) is 0 Å². The van der Waals surface area contributed by atoms with Crippen molar-refractivity contribution in [1.29, 1.82) is 0 Å². The van der Waals surface area contributed by atoms with Crippen LogP contribution in [0.25, 0.3) is 0 Å². The number of benzene rings is 1. The summed E-state index contributed by atoms with van der Waals surface area (Å²) in [7, 11) is 1.50. The molecule has 0 amide bonds. The van der Waals surface area contributed by atoms with Gasteiger partial charge < -0.3 is 15.2 Å². The van der Waals surface area contributed by atoms with Crippen LogP contribution in [-0.2, 0) is 11.3 Å². The highest BCUT2D eigenvalue weighted by Crippen LogP contribution is 2.19. The Morgan fingerprint density at radius 3 is 2.68 bits per heavy atom. The minimum Gasteiger partial charge on any atom is -0.497 e. The van der Waals surface area contributed by atoms with Crippen LogP contribution in [0, 0.1) is 0 Å². The molecule has 0 saturated carbocycles. The molecule has 0 aliphatic rings. The Morgan fingerprint density at radius 2 is 2.00 bits per heavy atom. The van der Waals surface area contributed by atoms with Crippen LogP contribution in [0.1, 0.15) is 16.2 Å². The number of nitrogens with zero attached hydrogens (tertiary/aromatic N) is 2. The van der Waals surface area contributed by atoms with Crippen LogP contribution >= 0.6 is 0 Å². The van der Waals surface area contributed by atoms with Crippen molar-refractivity contribution in [1.82, 2.24) is 9.97 Å². The van der Waals surface area contributed by atoms with Crippen molar-refractivity contribution in [2.45, 2.75) is 6.61 Å². The van der Waals surface area contributed by atoms with Crippen LogP contribution in [0.5, 0.6) is 5.75 Å². The summed E-state index contributed by atoms with van der Waals surface area (Å²) in [6, 6.07) is 6.40. The number of nitrogens with two attached hydrogens (primary N) is 1. The highest BCUT2D eigenvalue weighted by atomic mass is 16.5. The smallest absolute Gasteiger partial charge is 0.338 e. The number of hydrogen-bond acceptors (Lipinski definition) is 6. The summed E-state index contributed by atoms with van der Waals surface area (Å²) < 4.78 is 10.1. The molecule has 0 radical (unpaired) electrons. The van der Waals surface area contributed by atoms with E-state index in [1.165, 1.54) is 13.2 Å². The molecule has 0 fully saturated rings. The fourth-order valence-corrected chi connectivity index (χ4v) is 1.48. The summed E-state index contributed by atoms with van der Waals surface area (Å²) >= 11 is 0. The Labute approximate surface area is 110 Å². The third-order valence-electron chi connectivity index (χ3n) is 2.35. The molecule has 1 aromatic heterocycles. The Kier molecular flexibility index (Phi) is 3.92. The second-order valence-corrected chi connectivity index (χ2v) is 3.74. The number of carbonyl (C=O) groups is 1. The van der Waals surface area contributed by atoms with E-state index in [0.717, 1.165) is 0 Å². The number of rotatable bonds is 4. The van der Waals surface area contributed by atoms with Crippen molar-refractivity contribution < 1.29 is 14.3 Å². The standard InChI is InChI=1S/C13H13N3O3/c1-18-11-6-9(5-10(14)7-11)13(17)19-8-12-15-3-2-4-16-12/h2-7H,8,14H2,1H3. The van der Waals surface area contributed by atoms with Gasteiger partial charge in [0.25, 0.3) is 0 Å². The van der Waals surface area contributed by atoms with Gasteiger partial charge >= 0.3 is 5.97 Å². The average molecular weight is 259 g/mol. The van der Waals surface area contributed by atoms with E-state index >= 15 is 0 Å². The zero-order chi connectivity index (χ0) is 13.7. The second-order valence-electron chi connectivity index (χ2n) is 3.74. The molecule has 0 aliphatic heterocycles. The molecule has 2 N–H and O–H groups in total. The maximum Gasteiger partial charge on any atom is 0.338 e. The lowest BCUT2D eigenvalue weighted by molar-refractivity contribution is 0.0462. The van der Waals surface area contributed by atoms with Crippen molar-refractivity contribution in [2.24, 2.45) is 0 Å². The molecule has 2 aromatic rings. The summed E-state index contributed by atoms with van der Waals surface area (Å²) in [6.07, 6.45) is 3.17. The van der Waals surface area contributed by atoms with E-state index in [0.29, 0.717) is 22.8 Å². The summed E-state index contributed by atoms with van der Waals surface area (Å²) in [6.45, 7) is 0.0107. The van der Waals surface area contributed by atoms with E-state index in [9.17, 15) is 4.79 Å². The lowest BCUT2D eigenvalue weighted by Crippen LogP contribution is -2.08. The molecule has 0 spiro atoms. The first-order valence-corrected chi connectivity index (χ1v) is 5.56. The van der Waals surface area contributed by atoms with Crippen LogP contribution < -0.4 is 10.5 Å². The lowest BCUT2D eigenvalue weighted by Gasteiger charge is -2.07. The number of carbonyl (C=O) groups excluding carboxylic acids is 1. The second kappa shape index (κ2) is 5.81. The summed E-state index contributed by atoms with van der Waals surface area (Å²) in [5.74, 6) is 0.438. The fraction of sp³-hybridized carbons (Fsp3) is 0.154. The Bertz CT molecular complexity index is 573. The third-order valence-corrected chi connectivity index (χ3v) is 2.35. The van der Waals surface area contributed by atoms with E-state index in [1.54, 1.807) is 30.6 Å². The number of ether oxygens (including phenoxy) is 2. The van der Waals surface area contributed by atoms with Gasteiger partial charge in [0.05, 0.1) is 12.7 Å². The van der Waals surface area contributed by atoms with Gasteiger partial charge in [-0.25, -0.2) is 14.8 Å². The predicted octanol–water partition coefficient (Wildman–Crippen LogP) is 1.42. The van der Waals surface area contributed by atoms with Crippen molar-refractivity contribution in [3.8, 4) is 5.75 Å². The molecule has 0 aliphatic carbocycles. The monoisotopic (exact) mass is 259 g/mol. The van der Waals surface area contributed by atoms with Crippen molar-refractivity contribution in [3.63, 3.8) is 0 Å². The first-order valence-electron chi connectivity index (χ1n) is 5.56. The molecule has 1 heterocycles. The number of esters is 1. The quantitative estimate of drug-likeness (QED) is 0.660. The first-order chi connectivity index (χ1) is 9.19. The third kappa shape index (κ3) is 3.41. The van der Waals surface area contributed by atoms with Gasteiger partial charge in [-0.1, -0.05) is 0 Å². The maximum absolute atomic E-state index is 11.8. The van der Waals surface area contributed by atoms with Gasteiger partial charge in [0.2, 0.25) is 0 Å². The van der Waals surface area contributed by atoms with Crippen molar-refractivity contribution in [3.05, 3.63) is 48.0 Å².